The van der Waals surface area contributed by atoms with E-state index < -0.39 is 17.1 Å². The van der Waals surface area contributed by atoms with Gasteiger partial charge in [0, 0.05) is 64.4 Å². The summed E-state index contributed by atoms with van der Waals surface area (Å²) in [4.78, 5) is 4.39. The van der Waals surface area contributed by atoms with E-state index in [0.717, 1.165) is 49.3 Å². The van der Waals surface area contributed by atoms with E-state index in [1.54, 1.807) is 0 Å². The van der Waals surface area contributed by atoms with Crippen molar-refractivity contribution in [1.29, 1.82) is 0 Å². The third-order valence-electron chi connectivity index (χ3n) is 5.86. The topological polar surface area (TPSA) is 89.7 Å². The van der Waals surface area contributed by atoms with Crippen molar-refractivity contribution in [3.05, 3.63) is 0 Å². The lowest BCUT2D eigenvalue weighted by Gasteiger charge is -2.32. The van der Waals surface area contributed by atoms with Crippen LogP contribution in [0.1, 0.15) is 53.4 Å². The van der Waals surface area contributed by atoms with Crippen molar-refractivity contribution in [1.82, 2.24) is 0 Å². The molecule has 36 heavy (non-hydrogen) atoms. The van der Waals surface area contributed by atoms with Crippen molar-refractivity contribution in [3.63, 3.8) is 0 Å². The van der Waals surface area contributed by atoms with Gasteiger partial charge in [-0.25, -0.2) is 0 Å². The second kappa shape index (κ2) is 21.4. The molecule has 0 heterocycles. The van der Waals surface area contributed by atoms with Crippen LogP contribution in [0.4, 0.5) is 0 Å². The van der Waals surface area contributed by atoms with E-state index in [-0.39, 0.29) is 31.0 Å². The predicted octanol–water partition coefficient (Wildman–Crippen LogP) is 5.36. The van der Waals surface area contributed by atoms with Crippen molar-refractivity contribution in [2.75, 3.05) is 58.2 Å². The molecule has 5 atom stereocenters. The van der Waals surface area contributed by atoms with E-state index in [9.17, 15) is 10.2 Å². The molecule has 0 spiro atoms. The van der Waals surface area contributed by atoms with Gasteiger partial charge in [-0.15, -0.1) is 11.8 Å². The maximum atomic E-state index is 9.44. The monoisotopic (exact) mass is 585 g/mol. The minimum absolute atomic E-state index is 0.0935. The molecule has 0 aromatic carbocycles. The van der Waals surface area contributed by atoms with Crippen LogP contribution in [-0.2, 0) is 17.7 Å². The fourth-order valence-corrected chi connectivity index (χ4v) is 9.89. The van der Waals surface area contributed by atoms with Crippen LogP contribution in [0.15, 0.2) is 4.99 Å². The van der Waals surface area contributed by atoms with Gasteiger partial charge in [0.15, 0.2) is 0 Å². The Balaban J connectivity index is 4.88. The molecule has 0 amide bonds. The Morgan fingerprint density at radius 2 is 1.28 bits per heavy atom. The highest BCUT2D eigenvalue weighted by molar-refractivity contribution is 8.13. The smallest absolute Gasteiger partial charge is 0.334 e. The molecule has 0 aliphatic carbocycles. The average molecular weight is 586 g/mol. The number of aliphatic hydroxyl groups is 2. The molecule has 7 nitrogen and oxygen atoms in total. The van der Waals surface area contributed by atoms with E-state index in [4.69, 9.17) is 17.7 Å². The number of thiol groups is 1. The first kappa shape index (κ1) is 36.6. The van der Waals surface area contributed by atoms with Crippen molar-refractivity contribution in [3.8, 4) is 0 Å². The van der Waals surface area contributed by atoms with Gasteiger partial charge in [0.25, 0.3) is 0 Å². The SMILES string of the molecule is CCCC(=NC)SCCC[Si](C)(OCC(C)CO)OCC(C)CO[Si](C)(CCCS)OCC(C)CO. The molecular formula is C25H55NO6S2Si2. The van der Waals surface area contributed by atoms with Crippen LogP contribution < -0.4 is 0 Å². The number of thioether (sulfide) groups is 1. The van der Waals surface area contributed by atoms with Gasteiger partial charge in [0.1, 0.15) is 0 Å². The summed E-state index contributed by atoms with van der Waals surface area (Å²) in [6, 6.07) is 1.79. The second-order valence-electron chi connectivity index (χ2n) is 10.3. The van der Waals surface area contributed by atoms with E-state index in [1.165, 1.54) is 5.04 Å². The minimum Gasteiger partial charge on any atom is -0.396 e. The normalized spacial score (nSPS) is 18.4. The maximum Gasteiger partial charge on any atom is 0.334 e. The molecule has 5 unspecified atom stereocenters. The van der Waals surface area contributed by atoms with Gasteiger partial charge >= 0.3 is 17.1 Å². The third kappa shape index (κ3) is 18.0. The Kier molecular flexibility index (Phi) is 21.7. The highest BCUT2D eigenvalue weighted by Crippen LogP contribution is 2.23. The number of aliphatic hydroxyl groups excluding tert-OH is 2. The second-order valence-corrected chi connectivity index (χ2v) is 18.6. The zero-order valence-corrected chi connectivity index (χ0v) is 27.7. The number of hydrogen-bond acceptors (Lipinski definition) is 9. The molecule has 0 aromatic rings. The molecule has 0 saturated heterocycles. The molecule has 2 N–H and O–H groups in total. The molecule has 0 radical (unpaired) electrons. The van der Waals surface area contributed by atoms with Crippen LogP contribution >= 0.6 is 24.4 Å². The van der Waals surface area contributed by atoms with Crippen molar-refractivity contribution < 1.29 is 27.9 Å². The first-order valence-corrected chi connectivity index (χ1v) is 20.2. The zero-order chi connectivity index (χ0) is 27.5. The Labute approximate surface area is 233 Å². The summed E-state index contributed by atoms with van der Waals surface area (Å²) in [5, 5.41) is 20.0. The lowest BCUT2D eigenvalue weighted by atomic mass is 10.2. The third-order valence-corrected chi connectivity index (χ3v) is 13.0. The maximum absolute atomic E-state index is 9.44. The average Bonchev–Trinajstić information content (AvgIpc) is 2.88. The van der Waals surface area contributed by atoms with Crippen LogP contribution in [0.2, 0.25) is 25.2 Å². The summed E-state index contributed by atoms with van der Waals surface area (Å²) < 4.78 is 25.4. The van der Waals surface area contributed by atoms with Gasteiger partial charge in [-0.1, -0.05) is 34.1 Å². The van der Waals surface area contributed by atoms with Crippen LogP contribution in [-0.4, -0.2) is 90.6 Å². The minimum atomic E-state index is -2.40. The van der Waals surface area contributed by atoms with E-state index >= 15 is 0 Å². The largest absolute Gasteiger partial charge is 0.396 e. The fraction of sp³-hybridized carbons (Fsp3) is 0.960. The first-order chi connectivity index (χ1) is 17.1. The van der Waals surface area contributed by atoms with Crippen molar-refractivity contribution in [2.45, 2.75) is 78.6 Å². The molecule has 0 aliphatic rings. The summed E-state index contributed by atoms with van der Waals surface area (Å²) in [7, 11) is -2.88. The van der Waals surface area contributed by atoms with Crippen LogP contribution in [0.5, 0.6) is 0 Å². The lowest BCUT2D eigenvalue weighted by Crippen LogP contribution is -2.43. The summed E-state index contributed by atoms with van der Waals surface area (Å²) in [5.74, 6) is 2.21. The van der Waals surface area contributed by atoms with Crippen LogP contribution in [0.3, 0.4) is 0 Å². The Bertz CT molecular complexity index is 581. The first-order valence-electron chi connectivity index (χ1n) is 13.5. The summed E-state index contributed by atoms with van der Waals surface area (Å²) in [6.45, 7) is 14.9. The van der Waals surface area contributed by atoms with Gasteiger partial charge in [-0.3, -0.25) is 4.99 Å². The molecular weight excluding hydrogens is 531 g/mol. The lowest BCUT2D eigenvalue weighted by molar-refractivity contribution is 0.0871. The number of nitrogens with zero attached hydrogens (tertiary/aromatic N) is 1. The van der Waals surface area contributed by atoms with E-state index in [1.807, 2.05) is 32.7 Å². The van der Waals surface area contributed by atoms with Gasteiger partial charge < -0.3 is 27.9 Å². The zero-order valence-electron chi connectivity index (χ0n) is 24.0. The molecule has 11 heteroatoms. The quantitative estimate of drug-likeness (QED) is 0.0489. The molecule has 0 rings (SSSR count). The van der Waals surface area contributed by atoms with Gasteiger partial charge in [0.2, 0.25) is 0 Å². The number of aliphatic imine (C=N–C) groups is 1. The summed E-state index contributed by atoms with van der Waals surface area (Å²) >= 11 is 6.19. The van der Waals surface area contributed by atoms with E-state index in [2.05, 4.69) is 44.6 Å². The summed E-state index contributed by atoms with van der Waals surface area (Å²) in [5.41, 5.74) is 0. The highest BCUT2D eigenvalue weighted by Gasteiger charge is 2.34. The van der Waals surface area contributed by atoms with Crippen LogP contribution in [0.25, 0.3) is 0 Å². The predicted molar refractivity (Wildman–Crippen MR) is 162 cm³/mol. The number of hydrogen-bond donors (Lipinski definition) is 3. The van der Waals surface area contributed by atoms with Gasteiger partial charge in [-0.2, -0.15) is 12.6 Å². The standard InChI is InChI=1S/C25H55NO6S2Si2/c1-8-11-25(26-5)34-13-10-15-36(7,30-19-23(3)17-28)32-21-24(4)20-31-35(6,14-9-12-33)29-18-22(2)16-27/h22-24,27-28,33H,8-21H2,1-7H3. The Morgan fingerprint density at radius 1 is 0.833 bits per heavy atom. The molecule has 0 fully saturated rings. The molecule has 0 bridgehead atoms. The highest BCUT2D eigenvalue weighted by atomic mass is 32.2. The molecule has 216 valence electrons. The van der Waals surface area contributed by atoms with Crippen molar-refractivity contribution >= 4 is 46.6 Å². The molecule has 0 aliphatic heterocycles. The Morgan fingerprint density at radius 3 is 1.67 bits per heavy atom. The summed E-state index contributed by atoms with van der Waals surface area (Å²) in [6.07, 6.45) is 4.11. The Hall–Kier alpha value is 0.564. The van der Waals surface area contributed by atoms with Gasteiger partial charge in [-0.05, 0) is 56.0 Å². The van der Waals surface area contributed by atoms with Crippen LogP contribution in [0, 0.1) is 17.8 Å². The van der Waals surface area contributed by atoms with Crippen molar-refractivity contribution in [2.24, 2.45) is 22.7 Å². The number of rotatable bonds is 23. The van der Waals surface area contributed by atoms with Gasteiger partial charge in [0.05, 0.1) is 5.04 Å². The molecule has 0 aromatic heterocycles. The fourth-order valence-electron chi connectivity index (χ4n) is 3.25. The molecule has 0 saturated carbocycles. The van der Waals surface area contributed by atoms with E-state index in [0.29, 0.717) is 26.4 Å².